The van der Waals surface area contributed by atoms with Crippen molar-refractivity contribution in [3.05, 3.63) is 59.4 Å². The molecule has 0 amide bonds. The van der Waals surface area contributed by atoms with Crippen LogP contribution in [0.3, 0.4) is 0 Å². The quantitative estimate of drug-likeness (QED) is 0.766. The van der Waals surface area contributed by atoms with Gasteiger partial charge in [-0.15, -0.1) is 0 Å². The number of rotatable bonds is 5. The second-order valence-corrected chi connectivity index (χ2v) is 7.32. The van der Waals surface area contributed by atoms with Crippen LogP contribution in [0.2, 0.25) is 0 Å². The summed E-state index contributed by atoms with van der Waals surface area (Å²) in [6.07, 6.45) is 1.51. The van der Waals surface area contributed by atoms with E-state index >= 15 is 0 Å². The Morgan fingerprint density at radius 2 is 1.96 bits per heavy atom. The van der Waals surface area contributed by atoms with Crippen molar-refractivity contribution in [3.8, 4) is 11.1 Å². The number of hydrogen-bond donors (Lipinski definition) is 1. The molecule has 0 fully saturated rings. The molecule has 1 aromatic carbocycles. The van der Waals surface area contributed by atoms with Gasteiger partial charge < -0.3 is 8.94 Å². The molecule has 126 valence electrons. The molecule has 24 heavy (non-hydrogen) atoms. The van der Waals surface area contributed by atoms with Crippen molar-refractivity contribution in [2.75, 3.05) is 0 Å². The largest absolute Gasteiger partial charge is 0.468 e. The normalized spacial score (nSPS) is 11.8. The number of nitrogens with one attached hydrogen (secondary N) is 1. The summed E-state index contributed by atoms with van der Waals surface area (Å²) in [6, 6.07) is 8.73. The minimum atomic E-state index is -3.67. The molecule has 2 heterocycles. The van der Waals surface area contributed by atoms with Gasteiger partial charge in [0.1, 0.15) is 11.5 Å². The zero-order valence-corrected chi connectivity index (χ0v) is 14.5. The Kier molecular flexibility index (Phi) is 4.29. The van der Waals surface area contributed by atoms with Crippen LogP contribution in [0.4, 0.5) is 0 Å². The maximum atomic E-state index is 12.6. The van der Waals surface area contributed by atoms with Gasteiger partial charge in [-0.05, 0) is 50.1 Å². The highest BCUT2D eigenvalue weighted by atomic mass is 32.2. The van der Waals surface area contributed by atoms with Crippen LogP contribution in [-0.2, 0) is 16.6 Å². The monoisotopic (exact) mass is 346 g/mol. The van der Waals surface area contributed by atoms with Gasteiger partial charge >= 0.3 is 0 Å². The maximum absolute atomic E-state index is 12.6. The minimum Gasteiger partial charge on any atom is -0.468 e. The van der Waals surface area contributed by atoms with Crippen molar-refractivity contribution >= 4 is 10.0 Å². The van der Waals surface area contributed by atoms with Crippen LogP contribution < -0.4 is 4.72 Å². The Morgan fingerprint density at radius 1 is 1.17 bits per heavy atom. The van der Waals surface area contributed by atoms with Crippen LogP contribution in [0, 0.1) is 20.8 Å². The van der Waals surface area contributed by atoms with Gasteiger partial charge in [-0.2, -0.15) is 0 Å². The summed E-state index contributed by atoms with van der Waals surface area (Å²) in [7, 11) is -3.67. The first-order chi connectivity index (χ1) is 11.4. The predicted octanol–water partition coefficient (Wildman–Crippen LogP) is 3.34. The standard InChI is InChI=1S/C17H18N2O4S/c1-11-6-7-14(17-12(2)19-23-13(17)3)9-16(11)24(20,21)18-10-15-5-4-8-22-15/h4-9,18H,10H2,1-3H3. The molecule has 0 atom stereocenters. The third kappa shape index (κ3) is 3.13. The van der Waals surface area contributed by atoms with Crippen molar-refractivity contribution in [1.82, 2.24) is 9.88 Å². The zero-order valence-electron chi connectivity index (χ0n) is 13.7. The fourth-order valence-electron chi connectivity index (χ4n) is 2.60. The summed E-state index contributed by atoms with van der Waals surface area (Å²) in [5.74, 6) is 1.21. The molecule has 0 aliphatic heterocycles. The predicted molar refractivity (Wildman–Crippen MR) is 88.9 cm³/mol. The highest BCUT2D eigenvalue weighted by Crippen LogP contribution is 2.30. The van der Waals surface area contributed by atoms with Crippen molar-refractivity contribution in [1.29, 1.82) is 0 Å². The van der Waals surface area contributed by atoms with E-state index in [0.29, 0.717) is 17.1 Å². The fraction of sp³-hybridized carbons (Fsp3) is 0.235. The van der Waals surface area contributed by atoms with E-state index in [1.54, 1.807) is 38.1 Å². The van der Waals surface area contributed by atoms with Crippen molar-refractivity contribution < 1.29 is 17.4 Å². The Labute approximate surface area is 140 Å². The Bertz CT molecular complexity index is 937. The van der Waals surface area contributed by atoms with E-state index in [1.807, 2.05) is 13.0 Å². The molecule has 3 rings (SSSR count). The van der Waals surface area contributed by atoms with Gasteiger partial charge in [-0.25, -0.2) is 13.1 Å². The third-order valence-electron chi connectivity index (χ3n) is 3.82. The molecule has 0 unspecified atom stereocenters. The van der Waals surface area contributed by atoms with Gasteiger partial charge in [0, 0.05) is 5.56 Å². The van der Waals surface area contributed by atoms with Crippen LogP contribution in [0.1, 0.15) is 22.8 Å². The van der Waals surface area contributed by atoms with Crippen LogP contribution in [0.5, 0.6) is 0 Å². The van der Waals surface area contributed by atoms with E-state index in [2.05, 4.69) is 9.88 Å². The highest BCUT2D eigenvalue weighted by molar-refractivity contribution is 7.89. The Morgan fingerprint density at radius 3 is 2.58 bits per heavy atom. The lowest BCUT2D eigenvalue weighted by Crippen LogP contribution is -2.23. The number of hydrogen-bond acceptors (Lipinski definition) is 5. The topological polar surface area (TPSA) is 85.3 Å². The van der Waals surface area contributed by atoms with Crippen LogP contribution in [0.25, 0.3) is 11.1 Å². The first-order valence-corrected chi connectivity index (χ1v) is 8.93. The van der Waals surface area contributed by atoms with Gasteiger partial charge in [-0.3, -0.25) is 0 Å². The molecule has 7 heteroatoms. The fourth-order valence-corrected chi connectivity index (χ4v) is 3.86. The van der Waals surface area contributed by atoms with Crippen LogP contribution in [-0.4, -0.2) is 13.6 Å². The number of nitrogens with zero attached hydrogens (tertiary/aromatic N) is 1. The second kappa shape index (κ2) is 6.26. The molecule has 0 saturated heterocycles. The van der Waals surface area contributed by atoms with Crippen LogP contribution in [0.15, 0.2) is 50.4 Å². The van der Waals surface area contributed by atoms with E-state index in [-0.39, 0.29) is 11.4 Å². The molecule has 0 bridgehead atoms. The summed E-state index contributed by atoms with van der Waals surface area (Å²) < 4.78 is 38.2. The molecule has 0 saturated carbocycles. The molecule has 0 spiro atoms. The first-order valence-electron chi connectivity index (χ1n) is 7.44. The van der Waals surface area contributed by atoms with Crippen molar-refractivity contribution in [2.45, 2.75) is 32.2 Å². The van der Waals surface area contributed by atoms with Crippen molar-refractivity contribution in [3.63, 3.8) is 0 Å². The number of furan rings is 1. The smallest absolute Gasteiger partial charge is 0.241 e. The molecular weight excluding hydrogens is 328 g/mol. The van der Waals surface area contributed by atoms with Gasteiger partial charge in [0.2, 0.25) is 10.0 Å². The van der Waals surface area contributed by atoms with Crippen LogP contribution >= 0.6 is 0 Å². The van der Waals surface area contributed by atoms with E-state index in [9.17, 15) is 8.42 Å². The van der Waals surface area contributed by atoms with Crippen molar-refractivity contribution in [2.24, 2.45) is 0 Å². The van der Waals surface area contributed by atoms with Gasteiger partial charge in [0.15, 0.2) is 0 Å². The van der Waals surface area contributed by atoms with Gasteiger partial charge in [0.05, 0.1) is 23.4 Å². The first kappa shape index (κ1) is 16.5. The van der Waals surface area contributed by atoms with E-state index in [1.165, 1.54) is 6.26 Å². The highest BCUT2D eigenvalue weighted by Gasteiger charge is 2.20. The molecule has 3 aromatic rings. The molecule has 0 aliphatic carbocycles. The molecule has 2 aromatic heterocycles. The summed E-state index contributed by atoms with van der Waals surface area (Å²) >= 11 is 0. The lowest BCUT2D eigenvalue weighted by atomic mass is 10.0. The summed E-state index contributed by atoms with van der Waals surface area (Å²) in [5.41, 5.74) is 2.97. The second-order valence-electron chi connectivity index (χ2n) is 5.58. The van der Waals surface area contributed by atoms with Gasteiger partial charge in [-0.1, -0.05) is 17.3 Å². The third-order valence-corrected chi connectivity index (χ3v) is 5.36. The average molecular weight is 346 g/mol. The maximum Gasteiger partial charge on any atom is 0.241 e. The summed E-state index contributed by atoms with van der Waals surface area (Å²) in [4.78, 5) is 0.228. The average Bonchev–Trinajstić information content (AvgIpc) is 3.16. The molecule has 1 N–H and O–H groups in total. The number of aromatic nitrogens is 1. The molecule has 0 aliphatic rings. The minimum absolute atomic E-state index is 0.102. The SMILES string of the molecule is Cc1ccc(-c2c(C)noc2C)cc1S(=O)(=O)NCc1ccco1. The summed E-state index contributed by atoms with van der Waals surface area (Å²) in [5, 5.41) is 3.92. The lowest BCUT2D eigenvalue weighted by Gasteiger charge is -2.10. The van der Waals surface area contributed by atoms with E-state index in [4.69, 9.17) is 8.94 Å². The Hall–Kier alpha value is -2.38. The molecular formula is C17H18N2O4S. The molecule has 6 nitrogen and oxygen atoms in total. The lowest BCUT2D eigenvalue weighted by molar-refractivity contribution is 0.393. The van der Waals surface area contributed by atoms with E-state index < -0.39 is 10.0 Å². The summed E-state index contributed by atoms with van der Waals surface area (Å²) in [6.45, 7) is 5.50. The molecule has 0 radical (unpaired) electrons. The number of sulfonamides is 1. The number of aryl methyl sites for hydroxylation is 3. The zero-order chi connectivity index (χ0) is 17.3. The number of benzene rings is 1. The van der Waals surface area contributed by atoms with Gasteiger partial charge in [0.25, 0.3) is 0 Å². The Balaban J connectivity index is 1.96. The van der Waals surface area contributed by atoms with E-state index in [0.717, 1.165) is 16.8 Å².